The van der Waals surface area contributed by atoms with Gasteiger partial charge in [-0.2, -0.15) is 0 Å². The Kier molecular flexibility index (Phi) is 7.59. The van der Waals surface area contributed by atoms with E-state index in [1.165, 1.54) is 27.1 Å². The van der Waals surface area contributed by atoms with Gasteiger partial charge in [-0.05, 0) is 60.1 Å². The van der Waals surface area contributed by atoms with Gasteiger partial charge in [-0.3, -0.25) is 0 Å². The third-order valence-corrected chi connectivity index (χ3v) is 6.48. The van der Waals surface area contributed by atoms with Gasteiger partial charge >= 0.3 is 0 Å². The zero-order valence-corrected chi connectivity index (χ0v) is 19.6. The molecule has 0 heterocycles. The standard InChI is InChI=1S/C28H26N2S2/c1-21-12-16-24(17-13-21)27(23-8-4-2-5-9-23)30-28(31)29-25-18-14-22(15-19-25)20-32-26-10-6-3-7-11-26/h2-19,27H,20H2,1H3,(H2,29,30,31)/t27-/m1/s1. The van der Waals surface area contributed by atoms with Crippen molar-refractivity contribution in [2.75, 3.05) is 5.32 Å². The Hall–Kier alpha value is -3.08. The lowest BCUT2D eigenvalue weighted by Gasteiger charge is -2.22. The van der Waals surface area contributed by atoms with Crippen molar-refractivity contribution in [3.8, 4) is 0 Å². The summed E-state index contributed by atoms with van der Waals surface area (Å²) < 4.78 is 0. The minimum absolute atomic E-state index is 0.0154. The molecule has 2 N–H and O–H groups in total. The van der Waals surface area contributed by atoms with Crippen LogP contribution in [0.1, 0.15) is 28.3 Å². The molecule has 4 rings (SSSR count). The molecule has 0 amide bonds. The first-order valence-electron chi connectivity index (χ1n) is 10.6. The van der Waals surface area contributed by atoms with Crippen molar-refractivity contribution in [1.82, 2.24) is 5.32 Å². The summed E-state index contributed by atoms with van der Waals surface area (Å²) in [5.74, 6) is 0.941. The summed E-state index contributed by atoms with van der Waals surface area (Å²) in [5, 5.41) is 7.44. The highest BCUT2D eigenvalue weighted by Crippen LogP contribution is 2.24. The molecule has 2 nitrogen and oxygen atoms in total. The maximum Gasteiger partial charge on any atom is 0.171 e. The lowest BCUT2D eigenvalue weighted by molar-refractivity contribution is 0.768. The van der Waals surface area contributed by atoms with Crippen molar-refractivity contribution in [3.63, 3.8) is 0 Å². The largest absolute Gasteiger partial charge is 0.352 e. The quantitative estimate of drug-likeness (QED) is 0.225. The van der Waals surface area contributed by atoms with Gasteiger partial charge in [-0.1, -0.05) is 90.5 Å². The van der Waals surface area contributed by atoms with Crippen molar-refractivity contribution in [2.45, 2.75) is 23.6 Å². The van der Waals surface area contributed by atoms with Crippen molar-refractivity contribution in [2.24, 2.45) is 0 Å². The smallest absolute Gasteiger partial charge is 0.171 e. The number of anilines is 1. The number of nitrogens with one attached hydrogen (secondary N) is 2. The fourth-order valence-corrected chi connectivity index (χ4v) is 4.54. The molecular weight excluding hydrogens is 428 g/mol. The number of aryl methyl sites for hydroxylation is 1. The molecule has 0 saturated heterocycles. The number of thiocarbonyl (C=S) groups is 1. The molecule has 0 aliphatic carbocycles. The van der Waals surface area contributed by atoms with E-state index in [9.17, 15) is 0 Å². The zero-order chi connectivity index (χ0) is 22.2. The average molecular weight is 455 g/mol. The number of hydrogen-bond donors (Lipinski definition) is 2. The van der Waals surface area contributed by atoms with Gasteiger partial charge in [0.25, 0.3) is 0 Å². The predicted octanol–water partition coefficient (Wildman–Crippen LogP) is 7.36. The van der Waals surface area contributed by atoms with Gasteiger partial charge in [0.05, 0.1) is 6.04 Å². The molecule has 4 aromatic rings. The molecule has 0 spiro atoms. The second-order valence-corrected chi connectivity index (χ2v) is 9.11. The molecule has 0 fully saturated rings. The maximum atomic E-state index is 5.66. The Bertz CT molecular complexity index is 1130. The lowest BCUT2D eigenvalue weighted by atomic mass is 9.98. The third-order valence-electron chi connectivity index (χ3n) is 5.18. The molecule has 0 aliphatic rings. The van der Waals surface area contributed by atoms with Gasteiger partial charge in [0.1, 0.15) is 0 Å². The molecular formula is C28H26N2S2. The van der Waals surface area contributed by atoms with E-state index in [1.807, 2.05) is 23.9 Å². The van der Waals surface area contributed by atoms with Crippen LogP contribution in [0.25, 0.3) is 0 Å². The molecule has 0 bridgehead atoms. The first-order valence-corrected chi connectivity index (χ1v) is 12.0. The topological polar surface area (TPSA) is 24.1 Å². The zero-order valence-electron chi connectivity index (χ0n) is 18.0. The highest BCUT2D eigenvalue weighted by Gasteiger charge is 2.15. The van der Waals surface area contributed by atoms with E-state index in [-0.39, 0.29) is 6.04 Å². The Morgan fingerprint density at radius 1 is 0.750 bits per heavy atom. The Labute approximate surface area is 200 Å². The minimum Gasteiger partial charge on any atom is -0.352 e. The summed E-state index contributed by atoms with van der Waals surface area (Å²) in [7, 11) is 0. The average Bonchev–Trinajstić information content (AvgIpc) is 2.84. The van der Waals surface area contributed by atoms with E-state index in [0.29, 0.717) is 5.11 Å². The number of benzene rings is 4. The van der Waals surface area contributed by atoms with Crippen molar-refractivity contribution in [3.05, 3.63) is 131 Å². The second kappa shape index (κ2) is 11.0. The molecule has 1 atom stereocenters. The van der Waals surface area contributed by atoms with Gasteiger partial charge in [0, 0.05) is 16.3 Å². The van der Waals surface area contributed by atoms with Crippen LogP contribution < -0.4 is 10.6 Å². The van der Waals surface area contributed by atoms with Gasteiger partial charge in [0.2, 0.25) is 0 Å². The fourth-order valence-electron chi connectivity index (χ4n) is 3.43. The van der Waals surface area contributed by atoms with Crippen molar-refractivity contribution in [1.29, 1.82) is 0 Å². The Morgan fingerprint density at radius 2 is 1.34 bits per heavy atom. The van der Waals surface area contributed by atoms with Crippen molar-refractivity contribution >= 4 is 34.8 Å². The third kappa shape index (κ3) is 6.22. The molecule has 0 aromatic heterocycles. The summed E-state index contributed by atoms with van der Waals surface area (Å²) in [5.41, 5.74) is 5.86. The highest BCUT2D eigenvalue weighted by molar-refractivity contribution is 7.98. The van der Waals surface area contributed by atoms with Crippen LogP contribution in [0, 0.1) is 6.92 Å². The first-order chi connectivity index (χ1) is 15.7. The van der Waals surface area contributed by atoms with Gasteiger partial charge in [0.15, 0.2) is 5.11 Å². The maximum absolute atomic E-state index is 5.66. The second-order valence-electron chi connectivity index (χ2n) is 7.65. The lowest BCUT2D eigenvalue weighted by Crippen LogP contribution is -2.33. The van der Waals surface area contributed by atoms with E-state index in [2.05, 4.69) is 115 Å². The minimum atomic E-state index is -0.0154. The molecule has 160 valence electrons. The Morgan fingerprint density at radius 3 is 2.00 bits per heavy atom. The van der Waals surface area contributed by atoms with Gasteiger partial charge in [-0.15, -0.1) is 11.8 Å². The molecule has 32 heavy (non-hydrogen) atoms. The van der Waals surface area contributed by atoms with Crippen LogP contribution in [0.4, 0.5) is 5.69 Å². The van der Waals surface area contributed by atoms with E-state index in [1.54, 1.807) is 0 Å². The number of rotatable bonds is 7. The first kappa shape index (κ1) is 22.1. The van der Waals surface area contributed by atoms with Crippen LogP contribution in [-0.4, -0.2) is 5.11 Å². The number of thioether (sulfide) groups is 1. The summed E-state index contributed by atoms with van der Waals surface area (Å²) in [6.45, 7) is 2.10. The summed E-state index contributed by atoms with van der Waals surface area (Å²) >= 11 is 7.50. The van der Waals surface area contributed by atoms with Crippen LogP contribution in [0.15, 0.2) is 114 Å². The van der Waals surface area contributed by atoms with Crippen LogP contribution in [0.2, 0.25) is 0 Å². The normalized spacial score (nSPS) is 11.5. The van der Waals surface area contributed by atoms with Crippen LogP contribution in [-0.2, 0) is 5.75 Å². The van der Waals surface area contributed by atoms with Gasteiger partial charge < -0.3 is 10.6 Å². The fraction of sp³-hybridized carbons (Fsp3) is 0.107. The summed E-state index contributed by atoms with van der Waals surface area (Å²) in [6.07, 6.45) is 0. The molecule has 0 saturated carbocycles. The predicted molar refractivity (Wildman–Crippen MR) is 141 cm³/mol. The summed E-state index contributed by atoms with van der Waals surface area (Å²) in [6, 6.07) is 37.9. The SMILES string of the molecule is Cc1ccc([C@H](NC(=S)Nc2ccc(CSc3ccccc3)cc2)c2ccccc2)cc1. The van der Waals surface area contributed by atoms with E-state index in [4.69, 9.17) is 12.2 Å². The summed E-state index contributed by atoms with van der Waals surface area (Å²) in [4.78, 5) is 1.28. The Balaban J connectivity index is 1.40. The molecule has 0 radical (unpaired) electrons. The van der Waals surface area contributed by atoms with E-state index < -0.39 is 0 Å². The van der Waals surface area contributed by atoms with Crippen LogP contribution >= 0.6 is 24.0 Å². The molecule has 4 heteroatoms. The monoisotopic (exact) mass is 454 g/mol. The molecule has 0 unspecified atom stereocenters. The van der Waals surface area contributed by atoms with Crippen LogP contribution in [0.5, 0.6) is 0 Å². The molecule has 4 aromatic carbocycles. The van der Waals surface area contributed by atoms with Crippen molar-refractivity contribution < 1.29 is 0 Å². The number of hydrogen-bond acceptors (Lipinski definition) is 2. The highest BCUT2D eigenvalue weighted by atomic mass is 32.2. The molecule has 0 aliphatic heterocycles. The van der Waals surface area contributed by atoms with E-state index in [0.717, 1.165) is 11.4 Å². The van der Waals surface area contributed by atoms with E-state index >= 15 is 0 Å². The van der Waals surface area contributed by atoms with Gasteiger partial charge in [-0.25, -0.2) is 0 Å². The van der Waals surface area contributed by atoms with Crippen LogP contribution in [0.3, 0.4) is 0 Å².